The molecule has 0 amide bonds. The van der Waals surface area contributed by atoms with Crippen LogP contribution in [-0.2, 0) is 19.4 Å². The highest BCUT2D eigenvalue weighted by Crippen LogP contribution is 2.20. The van der Waals surface area contributed by atoms with Crippen LogP contribution in [0, 0.1) is 5.92 Å². The fourth-order valence-corrected chi connectivity index (χ4v) is 5.19. The van der Waals surface area contributed by atoms with E-state index in [1.807, 2.05) is 0 Å². The first-order valence-electron chi connectivity index (χ1n) is 17.5. The molecule has 0 bridgehead atoms. The molecule has 3 unspecified atom stereocenters. The highest BCUT2D eigenvalue weighted by molar-refractivity contribution is 5.75. The van der Waals surface area contributed by atoms with E-state index in [1.165, 1.54) is 89.9 Å². The molecule has 0 aliphatic rings. The second-order valence-corrected chi connectivity index (χ2v) is 12.0. The van der Waals surface area contributed by atoms with Crippen LogP contribution < -0.4 is 0 Å². The van der Waals surface area contributed by atoms with Gasteiger partial charge in [0.25, 0.3) is 0 Å². The maximum absolute atomic E-state index is 12.6. The van der Waals surface area contributed by atoms with Crippen LogP contribution >= 0.6 is 0 Å². The molecule has 0 aromatic carbocycles. The summed E-state index contributed by atoms with van der Waals surface area (Å²) in [6.07, 6.45) is 28.6. The van der Waals surface area contributed by atoms with Crippen LogP contribution in [0.5, 0.6) is 0 Å². The van der Waals surface area contributed by atoms with E-state index < -0.39 is 36.7 Å². The minimum absolute atomic E-state index is 0.171. The first kappa shape index (κ1) is 40.6. The third-order valence-electron chi connectivity index (χ3n) is 8.02. The largest absolute Gasteiger partial charge is 0.394 e. The third kappa shape index (κ3) is 25.1. The van der Waals surface area contributed by atoms with E-state index in [0.29, 0.717) is 12.8 Å². The average Bonchev–Trinajstić information content (AvgIpc) is 2.99. The van der Waals surface area contributed by atoms with Crippen molar-refractivity contribution in [2.75, 3.05) is 6.61 Å². The van der Waals surface area contributed by atoms with Gasteiger partial charge in [-0.3, -0.25) is 0 Å². The van der Waals surface area contributed by atoms with Crippen molar-refractivity contribution in [1.82, 2.24) is 0 Å². The number of hydrogen-bond donors (Lipinski definition) is 3. The van der Waals surface area contributed by atoms with Crippen molar-refractivity contribution < 1.29 is 34.7 Å². The third-order valence-corrected chi connectivity index (χ3v) is 8.02. The van der Waals surface area contributed by atoms with Gasteiger partial charge in [-0.05, 0) is 38.5 Å². The van der Waals surface area contributed by atoms with Crippen LogP contribution in [-0.4, -0.2) is 46.1 Å². The Morgan fingerprint density at radius 3 is 1.50 bits per heavy atom. The number of allylic oxidation sites excluding steroid dienone is 2. The standard InChI is InChI=1S/C35H66O7/c1-3-5-7-9-11-13-15-16-17-19-20-22-24-26-28-31(34(39)32(37)30-36)35(40)42-41-33(38)29-27-25-23-21-18-14-12-10-8-6-4-2/h16-17,31-32,34,36-37,39H,3-15,18-30H2,1-2H3/b17-16-. The average molecular weight is 599 g/mol. The molecule has 0 aliphatic heterocycles. The molecule has 0 aliphatic carbocycles. The molecule has 0 radical (unpaired) electrons. The second-order valence-electron chi connectivity index (χ2n) is 12.0. The zero-order valence-electron chi connectivity index (χ0n) is 27.2. The van der Waals surface area contributed by atoms with Crippen molar-refractivity contribution in [2.45, 2.75) is 187 Å². The first-order valence-corrected chi connectivity index (χ1v) is 17.5. The van der Waals surface area contributed by atoms with Crippen LogP contribution in [0.1, 0.15) is 174 Å². The summed E-state index contributed by atoms with van der Waals surface area (Å²) in [5, 5.41) is 29.5. The van der Waals surface area contributed by atoms with E-state index in [-0.39, 0.29) is 12.8 Å². The molecule has 248 valence electrons. The van der Waals surface area contributed by atoms with E-state index in [2.05, 4.69) is 26.0 Å². The Kier molecular flexibility index (Phi) is 29.9. The molecule has 0 rings (SSSR count). The molecule has 0 aromatic heterocycles. The molecule has 0 saturated heterocycles. The van der Waals surface area contributed by atoms with E-state index in [4.69, 9.17) is 9.78 Å². The summed E-state index contributed by atoms with van der Waals surface area (Å²) in [6.45, 7) is 3.79. The lowest BCUT2D eigenvalue weighted by Crippen LogP contribution is -2.40. The highest BCUT2D eigenvalue weighted by atomic mass is 17.2. The van der Waals surface area contributed by atoms with Gasteiger partial charge in [0.15, 0.2) is 0 Å². The van der Waals surface area contributed by atoms with Crippen LogP contribution in [0.15, 0.2) is 12.2 Å². The number of aliphatic hydroxyl groups excluding tert-OH is 3. The van der Waals surface area contributed by atoms with Gasteiger partial charge in [0, 0.05) is 0 Å². The SMILES string of the molecule is CCCCCCCC/C=C\CCCCCCC(C(=O)OOC(=O)CCCCCCCCCCCCC)C(O)C(O)CO. The summed E-state index contributed by atoms with van der Waals surface area (Å²) in [7, 11) is 0. The lowest BCUT2D eigenvalue weighted by Gasteiger charge is -2.23. The normalized spacial score (nSPS) is 13.7. The zero-order chi connectivity index (χ0) is 31.1. The maximum Gasteiger partial charge on any atom is 0.361 e. The first-order chi connectivity index (χ1) is 20.5. The van der Waals surface area contributed by atoms with E-state index in [0.717, 1.165) is 44.9 Å². The molecule has 3 atom stereocenters. The van der Waals surface area contributed by atoms with Gasteiger partial charge in [-0.1, -0.05) is 142 Å². The topological polar surface area (TPSA) is 113 Å². The van der Waals surface area contributed by atoms with Gasteiger partial charge in [-0.15, -0.1) is 0 Å². The molecule has 0 fully saturated rings. The molecule has 0 aromatic rings. The monoisotopic (exact) mass is 598 g/mol. The summed E-state index contributed by atoms with van der Waals surface area (Å²) in [6, 6.07) is 0. The van der Waals surface area contributed by atoms with E-state index in [1.54, 1.807) is 0 Å². The minimum atomic E-state index is -1.49. The van der Waals surface area contributed by atoms with Gasteiger partial charge in [0.05, 0.1) is 25.0 Å². The molecular weight excluding hydrogens is 532 g/mol. The predicted octanol–water partition coefficient (Wildman–Crippen LogP) is 8.67. The van der Waals surface area contributed by atoms with Crippen molar-refractivity contribution in [3.8, 4) is 0 Å². The van der Waals surface area contributed by atoms with Crippen LogP contribution in [0.3, 0.4) is 0 Å². The Bertz CT molecular complexity index is 637. The zero-order valence-corrected chi connectivity index (χ0v) is 27.2. The summed E-state index contributed by atoms with van der Waals surface area (Å²) in [5.41, 5.74) is 0. The van der Waals surface area contributed by atoms with Crippen LogP contribution in [0.25, 0.3) is 0 Å². The Morgan fingerprint density at radius 2 is 1.02 bits per heavy atom. The molecule has 0 saturated carbocycles. The second kappa shape index (κ2) is 31.0. The Hall–Kier alpha value is -1.44. The molecule has 7 nitrogen and oxygen atoms in total. The van der Waals surface area contributed by atoms with Gasteiger partial charge in [-0.2, -0.15) is 0 Å². The summed E-state index contributed by atoms with van der Waals surface area (Å²) in [5.74, 6) is -2.57. The Balaban J connectivity index is 4.08. The Morgan fingerprint density at radius 1 is 0.595 bits per heavy atom. The van der Waals surface area contributed by atoms with Crippen molar-refractivity contribution in [1.29, 1.82) is 0 Å². The lowest BCUT2D eigenvalue weighted by molar-refractivity contribution is -0.265. The van der Waals surface area contributed by atoms with Gasteiger partial charge in [0.1, 0.15) is 6.10 Å². The number of carbonyl (C=O) groups is 2. The molecule has 42 heavy (non-hydrogen) atoms. The van der Waals surface area contributed by atoms with Crippen molar-refractivity contribution >= 4 is 11.9 Å². The quantitative estimate of drug-likeness (QED) is 0.0328. The van der Waals surface area contributed by atoms with Crippen LogP contribution in [0.2, 0.25) is 0 Å². The van der Waals surface area contributed by atoms with Gasteiger partial charge in [-0.25, -0.2) is 19.4 Å². The van der Waals surface area contributed by atoms with E-state index >= 15 is 0 Å². The van der Waals surface area contributed by atoms with Crippen molar-refractivity contribution in [3.05, 3.63) is 12.2 Å². The minimum Gasteiger partial charge on any atom is -0.394 e. The fourth-order valence-electron chi connectivity index (χ4n) is 5.19. The number of carbonyl (C=O) groups excluding carboxylic acids is 2. The van der Waals surface area contributed by atoms with Crippen molar-refractivity contribution in [3.63, 3.8) is 0 Å². The molecule has 0 heterocycles. The molecular formula is C35H66O7. The Labute approximate surface area is 257 Å². The number of unbranched alkanes of at least 4 members (excludes halogenated alkanes) is 20. The molecule has 0 spiro atoms. The number of aliphatic hydroxyl groups is 3. The lowest BCUT2D eigenvalue weighted by atomic mass is 9.92. The highest BCUT2D eigenvalue weighted by Gasteiger charge is 2.34. The van der Waals surface area contributed by atoms with E-state index in [9.17, 15) is 24.9 Å². The van der Waals surface area contributed by atoms with Gasteiger partial charge >= 0.3 is 11.9 Å². The predicted molar refractivity (Wildman–Crippen MR) is 171 cm³/mol. The maximum atomic E-state index is 12.6. The fraction of sp³-hybridized carbons (Fsp3) is 0.886. The smallest absolute Gasteiger partial charge is 0.361 e. The van der Waals surface area contributed by atoms with Crippen molar-refractivity contribution in [2.24, 2.45) is 5.92 Å². The number of rotatable bonds is 30. The van der Waals surface area contributed by atoms with Gasteiger partial charge < -0.3 is 15.3 Å². The van der Waals surface area contributed by atoms with Gasteiger partial charge in [0.2, 0.25) is 0 Å². The summed E-state index contributed by atoms with van der Waals surface area (Å²) >= 11 is 0. The molecule has 3 N–H and O–H groups in total. The summed E-state index contributed by atoms with van der Waals surface area (Å²) in [4.78, 5) is 34.1. The van der Waals surface area contributed by atoms with Crippen LogP contribution in [0.4, 0.5) is 0 Å². The molecule has 7 heteroatoms. The number of hydrogen-bond acceptors (Lipinski definition) is 7. The summed E-state index contributed by atoms with van der Waals surface area (Å²) < 4.78 is 0.